The molecule has 0 saturated heterocycles. The molecule has 0 bridgehead atoms. The number of carbonyl (C=O) groups is 1. The molecule has 84 valence electrons. The topological polar surface area (TPSA) is 75.4 Å². The fourth-order valence-corrected chi connectivity index (χ4v) is 1.44. The van der Waals surface area contributed by atoms with Crippen molar-refractivity contribution < 1.29 is 14.3 Å². The van der Waals surface area contributed by atoms with Crippen LogP contribution in [0.15, 0.2) is 29.0 Å². The predicted octanol–water partition coefficient (Wildman–Crippen LogP) is 2.10. The molecule has 2 rings (SSSR count). The number of carboxylic acids is 1. The molecule has 5 nitrogen and oxygen atoms in total. The van der Waals surface area contributed by atoms with Crippen LogP contribution in [0.4, 0.5) is 5.69 Å². The van der Waals surface area contributed by atoms with Crippen LogP contribution < -0.4 is 5.32 Å². The summed E-state index contributed by atoms with van der Waals surface area (Å²) in [7, 11) is 0. The Kier molecular flexibility index (Phi) is 3.05. The van der Waals surface area contributed by atoms with E-state index in [9.17, 15) is 4.79 Å². The third-order valence-electron chi connectivity index (χ3n) is 2.23. The summed E-state index contributed by atoms with van der Waals surface area (Å²) < 4.78 is 5.16. The standard InChI is InChI=1S/C11H12N2O3/c14-11(15)2-1-5-12-8-3-4-9-10(6-8)16-7-13-9/h3-4,6-7,12H,1-2,5H2,(H,14,15). The lowest BCUT2D eigenvalue weighted by atomic mass is 10.2. The van der Waals surface area contributed by atoms with Crippen molar-refractivity contribution in [1.29, 1.82) is 0 Å². The minimum atomic E-state index is -0.771. The van der Waals surface area contributed by atoms with Crippen LogP contribution in [0.1, 0.15) is 12.8 Å². The van der Waals surface area contributed by atoms with E-state index in [-0.39, 0.29) is 6.42 Å². The summed E-state index contributed by atoms with van der Waals surface area (Å²) in [6.07, 6.45) is 2.18. The molecule has 1 aromatic carbocycles. The number of nitrogens with one attached hydrogen (secondary N) is 1. The molecule has 0 saturated carbocycles. The maximum absolute atomic E-state index is 10.3. The van der Waals surface area contributed by atoms with Crippen LogP contribution in [0.3, 0.4) is 0 Å². The van der Waals surface area contributed by atoms with Gasteiger partial charge in [-0.05, 0) is 18.6 Å². The van der Waals surface area contributed by atoms with Crippen LogP contribution in [0.5, 0.6) is 0 Å². The number of rotatable bonds is 5. The molecule has 0 aliphatic heterocycles. The number of hydrogen-bond donors (Lipinski definition) is 2. The van der Waals surface area contributed by atoms with Crippen molar-refractivity contribution in [2.75, 3.05) is 11.9 Å². The molecule has 0 radical (unpaired) electrons. The van der Waals surface area contributed by atoms with Crippen LogP contribution >= 0.6 is 0 Å². The van der Waals surface area contributed by atoms with Crippen molar-refractivity contribution in [3.63, 3.8) is 0 Å². The lowest BCUT2D eigenvalue weighted by Crippen LogP contribution is -2.04. The first-order chi connectivity index (χ1) is 7.75. The molecule has 0 unspecified atom stereocenters. The Morgan fingerprint density at radius 1 is 1.50 bits per heavy atom. The van der Waals surface area contributed by atoms with E-state index in [0.29, 0.717) is 13.0 Å². The van der Waals surface area contributed by atoms with Crippen LogP contribution in [0.2, 0.25) is 0 Å². The summed E-state index contributed by atoms with van der Waals surface area (Å²) in [5.74, 6) is -0.771. The molecular formula is C11H12N2O3. The van der Waals surface area contributed by atoms with E-state index in [4.69, 9.17) is 9.52 Å². The summed E-state index contributed by atoms with van der Waals surface area (Å²) in [6.45, 7) is 0.631. The molecule has 0 aliphatic rings. The first-order valence-electron chi connectivity index (χ1n) is 5.04. The molecule has 0 aliphatic carbocycles. The van der Waals surface area contributed by atoms with Crippen molar-refractivity contribution in [1.82, 2.24) is 4.98 Å². The van der Waals surface area contributed by atoms with Gasteiger partial charge < -0.3 is 14.8 Å². The first-order valence-corrected chi connectivity index (χ1v) is 5.04. The maximum Gasteiger partial charge on any atom is 0.303 e. The molecule has 2 aromatic rings. The highest BCUT2D eigenvalue weighted by molar-refractivity contribution is 5.76. The Hall–Kier alpha value is -2.04. The fraction of sp³-hybridized carbons (Fsp3) is 0.273. The summed E-state index contributed by atoms with van der Waals surface area (Å²) >= 11 is 0. The van der Waals surface area contributed by atoms with Gasteiger partial charge in [-0.1, -0.05) is 0 Å². The van der Waals surface area contributed by atoms with Gasteiger partial charge >= 0.3 is 5.97 Å². The van der Waals surface area contributed by atoms with Crippen LogP contribution in [-0.2, 0) is 4.79 Å². The van der Waals surface area contributed by atoms with Gasteiger partial charge in [-0.15, -0.1) is 0 Å². The van der Waals surface area contributed by atoms with Gasteiger partial charge in [0.1, 0.15) is 5.52 Å². The third kappa shape index (κ3) is 2.50. The van der Waals surface area contributed by atoms with Crippen molar-refractivity contribution in [2.24, 2.45) is 0 Å². The molecule has 0 spiro atoms. The molecule has 0 fully saturated rings. The number of oxazole rings is 1. The van der Waals surface area contributed by atoms with Crippen molar-refractivity contribution in [3.05, 3.63) is 24.6 Å². The summed E-state index contributed by atoms with van der Waals surface area (Å²) in [5.41, 5.74) is 2.45. The Labute approximate surface area is 92.1 Å². The third-order valence-corrected chi connectivity index (χ3v) is 2.23. The number of aliphatic carboxylic acids is 1. The molecular weight excluding hydrogens is 208 g/mol. The lowest BCUT2D eigenvalue weighted by molar-refractivity contribution is -0.137. The summed E-state index contributed by atoms with van der Waals surface area (Å²) in [5, 5.41) is 11.6. The van der Waals surface area contributed by atoms with E-state index in [1.54, 1.807) is 0 Å². The minimum absolute atomic E-state index is 0.178. The van der Waals surface area contributed by atoms with Crippen LogP contribution in [0, 0.1) is 0 Å². The highest BCUT2D eigenvalue weighted by Crippen LogP contribution is 2.17. The number of anilines is 1. The van der Waals surface area contributed by atoms with E-state index in [1.807, 2.05) is 18.2 Å². The molecule has 1 aromatic heterocycles. The van der Waals surface area contributed by atoms with Gasteiger partial charge in [0.15, 0.2) is 12.0 Å². The quantitative estimate of drug-likeness (QED) is 0.755. The zero-order valence-electron chi connectivity index (χ0n) is 8.64. The Balaban J connectivity index is 1.91. The van der Waals surface area contributed by atoms with Gasteiger partial charge in [0.05, 0.1) is 0 Å². The highest BCUT2D eigenvalue weighted by Gasteiger charge is 2.00. The van der Waals surface area contributed by atoms with Crippen LogP contribution in [0.25, 0.3) is 11.1 Å². The smallest absolute Gasteiger partial charge is 0.303 e. The van der Waals surface area contributed by atoms with E-state index in [1.165, 1.54) is 6.39 Å². The second kappa shape index (κ2) is 4.65. The second-order valence-electron chi connectivity index (χ2n) is 3.46. The molecule has 16 heavy (non-hydrogen) atoms. The van der Waals surface area contributed by atoms with Crippen molar-refractivity contribution >= 4 is 22.8 Å². The summed E-state index contributed by atoms with van der Waals surface area (Å²) in [6, 6.07) is 5.60. The maximum atomic E-state index is 10.3. The average molecular weight is 220 g/mol. The first kappa shape index (κ1) is 10.5. The zero-order valence-corrected chi connectivity index (χ0v) is 8.64. The fourth-order valence-electron chi connectivity index (χ4n) is 1.44. The SMILES string of the molecule is O=C(O)CCCNc1ccc2ncoc2c1. The molecule has 0 atom stereocenters. The van der Waals surface area contributed by atoms with Gasteiger partial charge in [0.25, 0.3) is 0 Å². The minimum Gasteiger partial charge on any atom is -0.481 e. The van der Waals surface area contributed by atoms with Gasteiger partial charge in [-0.3, -0.25) is 4.79 Å². The second-order valence-corrected chi connectivity index (χ2v) is 3.46. The molecule has 1 heterocycles. The predicted molar refractivity (Wildman–Crippen MR) is 59.4 cm³/mol. The van der Waals surface area contributed by atoms with Crippen molar-refractivity contribution in [2.45, 2.75) is 12.8 Å². The van der Waals surface area contributed by atoms with E-state index in [2.05, 4.69) is 10.3 Å². The number of aromatic nitrogens is 1. The van der Waals surface area contributed by atoms with Crippen molar-refractivity contribution in [3.8, 4) is 0 Å². The Morgan fingerprint density at radius 2 is 2.38 bits per heavy atom. The highest BCUT2D eigenvalue weighted by atomic mass is 16.4. The molecule has 0 amide bonds. The number of carboxylic acid groups (broad SMARTS) is 1. The van der Waals surface area contributed by atoms with E-state index >= 15 is 0 Å². The van der Waals surface area contributed by atoms with Gasteiger partial charge in [-0.2, -0.15) is 0 Å². The number of fused-ring (bicyclic) bond motifs is 1. The van der Waals surface area contributed by atoms with Gasteiger partial charge in [0.2, 0.25) is 0 Å². The van der Waals surface area contributed by atoms with Gasteiger partial charge in [0, 0.05) is 24.7 Å². The van der Waals surface area contributed by atoms with Gasteiger partial charge in [-0.25, -0.2) is 4.98 Å². The monoisotopic (exact) mass is 220 g/mol. The van der Waals surface area contributed by atoms with E-state index < -0.39 is 5.97 Å². The summed E-state index contributed by atoms with van der Waals surface area (Å²) in [4.78, 5) is 14.3. The van der Waals surface area contributed by atoms with E-state index in [0.717, 1.165) is 16.8 Å². The zero-order chi connectivity index (χ0) is 11.4. The average Bonchev–Trinajstić information content (AvgIpc) is 2.71. The number of nitrogens with zero attached hydrogens (tertiary/aromatic N) is 1. The van der Waals surface area contributed by atoms with Crippen LogP contribution in [-0.4, -0.2) is 22.6 Å². The largest absolute Gasteiger partial charge is 0.481 e. The molecule has 2 N–H and O–H groups in total. The molecule has 5 heteroatoms. The number of benzene rings is 1. The number of hydrogen-bond acceptors (Lipinski definition) is 4. The Morgan fingerprint density at radius 3 is 3.19 bits per heavy atom. The Bertz CT molecular complexity index is 493. The lowest BCUT2D eigenvalue weighted by Gasteiger charge is -2.04. The normalized spacial score (nSPS) is 10.5.